The standard InChI is InChI=1S/C110H119BN4/c1-101(2,3)72-34-47-92-82(57-72)83-58-73(102(4,5)6)35-48-93(83)114(92)80-42-46-91-97(61-80)113(79-40-29-67(30-41-79)69-32-44-87-89(54-69)110(25,26)65-108(87,21)22)99-63-81(115-94-49-36-74(103(7,8)9)59-84(94)85-60-75(104(10,11)12)37-50-95(85)115)62-98-100(99)111(91)90-45-33-70(71-51-76(105(13,14)15)56-77(52-71)106(16,17)18)55-96(90)112(98)78-38-27-66(28-39-78)68-31-43-86-88(53-68)109(23,24)64-107(86,19)20/h27-63H,64-65H2,1-26H3. The Kier molecular flexibility index (Phi) is 16.7. The molecule has 115 heavy (non-hydrogen) atoms. The van der Waals surface area contributed by atoms with Gasteiger partial charge in [0, 0.05) is 61.4 Å². The monoisotopic (exact) mass is 1510 g/mol. The molecule has 0 fully saturated rings. The molecule has 0 spiro atoms. The molecule has 0 saturated heterocycles. The summed E-state index contributed by atoms with van der Waals surface area (Å²) in [6.07, 6.45) is 2.25. The van der Waals surface area contributed by atoms with E-state index in [0.717, 1.165) is 52.7 Å². The summed E-state index contributed by atoms with van der Waals surface area (Å²) in [6.45, 7) is 61.6. The van der Waals surface area contributed by atoms with Crippen LogP contribution in [0.5, 0.6) is 0 Å². The van der Waals surface area contributed by atoms with Crippen molar-refractivity contribution in [1.82, 2.24) is 9.13 Å². The Morgan fingerprint density at radius 3 is 0.896 bits per heavy atom. The number of hydrogen-bond acceptors (Lipinski definition) is 2. The van der Waals surface area contributed by atoms with Gasteiger partial charge in [-0.25, -0.2) is 0 Å². The molecule has 18 rings (SSSR count). The highest BCUT2D eigenvalue weighted by Crippen LogP contribution is 2.55. The van der Waals surface area contributed by atoms with Gasteiger partial charge in [0.25, 0.3) is 6.71 Å². The smallest absolute Gasteiger partial charge is 0.252 e. The van der Waals surface area contributed by atoms with Crippen LogP contribution in [-0.4, -0.2) is 15.8 Å². The Bertz CT molecular complexity index is 6210. The molecule has 582 valence electrons. The largest absolute Gasteiger partial charge is 0.311 e. The first-order valence-corrected chi connectivity index (χ1v) is 42.6. The summed E-state index contributed by atoms with van der Waals surface area (Å²) in [4.78, 5) is 5.34. The molecule has 0 radical (unpaired) electrons. The number of anilines is 6. The SMILES string of the molecule is CC(C)(C)c1cc(-c2ccc3c(c2)N(c2ccc(-c4ccc5c(c4)C(C)(C)CC5(C)C)cc2)c2cc(-n4c5ccc(C(C)(C)C)cc5c5cc(C(C)(C)C)ccc54)cc4c2B3c2ccc(-n3c5ccc(C(C)(C)C)cc5c5cc(C(C)(C)C)ccc53)cc2N4c2ccc(-c3ccc4c(c3)C(C)(C)CC4(C)C)cc2)cc(C(C)(C)C)c1. The van der Waals surface area contributed by atoms with Crippen LogP contribution in [0.25, 0.3) is 88.4 Å². The van der Waals surface area contributed by atoms with Crippen molar-refractivity contribution in [3.63, 3.8) is 0 Å². The van der Waals surface area contributed by atoms with Crippen LogP contribution in [0, 0.1) is 0 Å². The first-order valence-electron chi connectivity index (χ1n) is 42.6. The van der Waals surface area contributed by atoms with E-state index in [-0.39, 0.29) is 60.9 Å². The molecule has 2 aliphatic carbocycles. The van der Waals surface area contributed by atoms with Gasteiger partial charge in [-0.2, -0.15) is 0 Å². The van der Waals surface area contributed by atoms with Crippen molar-refractivity contribution >= 4 is 101 Å². The second-order valence-corrected chi connectivity index (χ2v) is 43.9. The van der Waals surface area contributed by atoms with Gasteiger partial charge in [0.05, 0.1) is 27.8 Å². The average Bonchev–Trinajstić information content (AvgIpc) is 0.947. The molecule has 14 aromatic rings. The summed E-state index contributed by atoms with van der Waals surface area (Å²) < 4.78 is 5.19. The molecule has 12 aromatic carbocycles. The molecular weight excluding hydrogens is 1390 g/mol. The van der Waals surface area contributed by atoms with Crippen LogP contribution >= 0.6 is 0 Å². The van der Waals surface area contributed by atoms with Gasteiger partial charge < -0.3 is 18.9 Å². The van der Waals surface area contributed by atoms with Crippen molar-refractivity contribution in [2.24, 2.45) is 0 Å². The van der Waals surface area contributed by atoms with E-state index in [9.17, 15) is 0 Å². The molecule has 5 heteroatoms. The number of nitrogens with zero attached hydrogens (tertiary/aromatic N) is 4. The van der Waals surface area contributed by atoms with E-state index in [2.05, 4.69) is 423 Å². The Balaban J connectivity index is 0.956. The van der Waals surface area contributed by atoms with E-state index in [1.54, 1.807) is 0 Å². The van der Waals surface area contributed by atoms with Gasteiger partial charge in [0.1, 0.15) is 0 Å². The van der Waals surface area contributed by atoms with Crippen molar-refractivity contribution < 1.29 is 0 Å². The van der Waals surface area contributed by atoms with E-state index in [1.165, 1.54) is 155 Å². The third kappa shape index (κ3) is 12.5. The predicted molar refractivity (Wildman–Crippen MR) is 499 cm³/mol. The Morgan fingerprint density at radius 1 is 0.235 bits per heavy atom. The first kappa shape index (κ1) is 76.2. The normalized spacial score (nSPS) is 16.2. The minimum Gasteiger partial charge on any atom is -0.311 e. The van der Waals surface area contributed by atoms with Gasteiger partial charge in [-0.15, -0.1) is 0 Å². The molecule has 4 nitrogen and oxygen atoms in total. The van der Waals surface area contributed by atoms with Gasteiger partial charge >= 0.3 is 0 Å². The highest BCUT2D eigenvalue weighted by Gasteiger charge is 2.47. The van der Waals surface area contributed by atoms with Crippen LogP contribution in [0.1, 0.15) is 248 Å². The zero-order valence-corrected chi connectivity index (χ0v) is 73.6. The van der Waals surface area contributed by atoms with E-state index in [0.29, 0.717) is 0 Å². The summed E-state index contributed by atoms with van der Waals surface area (Å²) in [5, 5.41) is 5.09. The van der Waals surface area contributed by atoms with Gasteiger partial charge in [-0.05, 0) is 276 Å². The molecule has 0 amide bonds. The lowest BCUT2D eigenvalue weighted by Crippen LogP contribution is -2.61. The predicted octanol–water partition coefficient (Wildman–Crippen LogP) is 28.7. The van der Waals surface area contributed by atoms with Crippen LogP contribution in [0.4, 0.5) is 34.1 Å². The maximum absolute atomic E-state index is 2.67. The lowest BCUT2D eigenvalue weighted by atomic mass is 9.33. The molecule has 0 saturated carbocycles. The molecule has 0 bridgehead atoms. The summed E-state index contributed by atoms with van der Waals surface area (Å²) in [5.74, 6) is 0. The molecule has 0 N–H and O–H groups in total. The summed E-state index contributed by atoms with van der Waals surface area (Å²) in [7, 11) is 0. The third-order valence-corrected chi connectivity index (χ3v) is 27.2. The van der Waals surface area contributed by atoms with Crippen molar-refractivity contribution in [3.8, 4) is 44.8 Å². The Hall–Kier alpha value is -10.1. The molecule has 4 heterocycles. The van der Waals surface area contributed by atoms with E-state index < -0.39 is 0 Å². The topological polar surface area (TPSA) is 16.3 Å². The second kappa shape index (κ2) is 25.2. The van der Waals surface area contributed by atoms with Gasteiger partial charge in [0.2, 0.25) is 0 Å². The van der Waals surface area contributed by atoms with Crippen molar-refractivity contribution in [2.45, 2.75) is 247 Å². The number of aromatic nitrogens is 2. The fourth-order valence-corrected chi connectivity index (χ4v) is 21.0. The fourth-order valence-electron chi connectivity index (χ4n) is 21.0. The Morgan fingerprint density at radius 2 is 0.530 bits per heavy atom. The van der Waals surface area contributed by atoms with Crippen molar-refractivity contribution in [2.75, 3.05) is 9.80 Å². The fraction of sp³-hybridized carbons (Fsp3) is 0.345. The van der Waals surface area contributed by atoms with E-state index in [4.69, 9.17) is 0 Å². The zero-order valence-electron chi connectivity index (χ0n) is 73.6. The lowest BCUT2D eigenvalue weighted by molar-refractivity contribution is 0.402. The van der Waals surface area contributed by atoms with Gasteiger partial charge in [-0.3, -0.25) is 0 Å². The number of rotatable bonds is 7. The summed E-state index contributed by atoms with van der Waals surface area (Å²) in [5.41, 5.74) is 38.9. The summed E-state index contributed by atoms with van der Waals surface area (Å²) >= 11 is 0. The molecule has 0 atom stereocenters. The highest BCUT2D eigenvalue weighted by molar-refractivity contribution is 7.00. The average molecular weight is 1510 g/mol. The number of benzene rings is 12. The van der Waals surface area contributed by atoms with Gasteiger partial charge in [0.15, 0.2) is 0 Å². The van der Waals surface area contributed by atoms with Crippen LogP contribution in [-0.2, 0) is 54.1 Å². The molecule has 0 unspecified atom stereocenters. The minimum atomic E-state index is -0.189. The van der Waals surface area contributed by atoms with E-state index in [1.807, 2.05) is 0 Å². The molecule has 4 aliphatic rings. The van der Waals surface area contributed by atoms with E-state index >= 15 is 0 Å². The zero-order chi connectivity index (χ0) is 81.7. The lowest BCUT2D eigenvalue weighted by Gasteiger charge is -2.44. The van der Waals surface area contributed by atoms with Crippen LogP contribution in [0.2, 0.25) is 0 Å². The third-order valence-electron chi connectivity index (χ3n) is 27.2. The minimum absolute atomic E-state index is 0.0468. The first-order chi connectivity index (χ1) is 53.7. The molecule has 2 aliphatic heterocycles. The van der Waals surface area contributed by atoms with Crippen LogP contribution in [0.3, 0.4) is 0 Å². The number of fused-ring (bicyclic) bond motifs is 12. The number of hydrogen-bond donors (Lipinski definition) is 0. The maximum atomic E-state index is 2.67. The summed E-state index contributed by atoms with van der Waals surface area (Å²) in [6, 6.07) is 90.8. The van der Waals surface area contributed by atoms with Crippen LogP contribution < -0.4 is 26.2 Å². The van der Waals surface area contributed by atoms with Crippen LogP contribution in [0.15, 0.2) is 224 Å². The van der Waals surface area contributed by atoms with Crippen molar-refractivity contribution in [1.29, 1.82) is 0 Å². The Labute approximate surface area is 687 Å². The molecular formula is C110H119BN4. The quantitative estimate of drug-likeness (QED) is 0.148. The van der Waals surface area contributed by atoms with Gasteiger partial charge in [-0.1, -0.05) is 301 Å². The molecule has 2 aromatic heterocycles. The maximum Gasteiger partial charge on any atom is 0.252 e. The van der Waals surface area contributed by atoms with Crippen molar-refractivity contribution in [3.05, 3.63) is 280 Å². The highest BCUT2D eigenvalue weighted by atomic mass is 15.2. The second-order valence-electron chi connectivity index (χ2n) is 43.9.